The highest BCUT2D eigenvalue weighted by Crippen LogP contribution is 2.23. The number of hydrogen-bond donors (Lipinski definition) is 3. The Labute approximate surface area is 183 Å². The van der Waals surface area contributed by atoms with Gasteiger partial charge in [-0.05, 0) is 62.8 Å². The molecule has 0 heterocycles. The number of hydrogen-bond acceptors (Lipinski definition) is 5. The molecule has 2 aromatic rings. The van der Waals surface area contributed by atoms with Crippen LogP contribution in [0.5, 0.6) is 11.5 Å². The van der Waals surface area contributed by atoms with Crippen LogP contribution in [0.4, 0.5) is 0 Å². The first-order valence-electron chi connectivity index (χ1n) is 8.82. The number of carbonyl (C=O) groups is 2. The highest BCUT2D eigenvalue weighted by molar-refractivity contribution is 9.10. The molecule has 9 heteroatoms. The number of thiocarbonyl (C=S) groups is 1. The first-order valence-corrected chi connectivity index (χ1v) is 10.0. The van der Waals surface area contributed by atoms with Crippen LogP contribution < -0.4 is 25.6 Å². The fourth-order valence-corrected chi connectivity index (χ4v) is 2.93. The van der Waals surface area contributed by atoms with Gasteiger partial charge in [0, 0.05) is 4.47 Å². The van der Waals surface area contributed by atoms with Crippen molar-refractivity contribution in [2.24, 2.45) is 0 Å². The molecule has 0 aliphatic carbocycles. The molecule has 2 aromatic carbocycles. The third-order valence-electron chi connectivity index (χ3n) is 3.72. The predicted octanol–water partition coefficient (Wildman–Crippen LogP) is 3.18. The first kappa shape index (κ1) is 22.6. The summed E-state index contributed by atoms with van der Waals surface area (Å²) in [7, 11) is 0. The molecule has 0 aliphatic rings. The number of carbonyl (C=O) groups excluding carboxylic acids is 2. The Kier molecular flexibility index (Phi) is 8.41. The van der Waals surface area contributed by atoms with E-state index in [1.807, 2.05) is 39.0 Å². The predicted molar refractivity (Wildman–Crippen MR) is 118 cm³/mol. The fourth-order valence-electron chi connectivity index (χ4n) is 2.43. The molecule has 0 aliphatic heterocycles. The van der Waals surface area contributed by atoms with Gasteiger partial charge < -0.3 is 9.47 Å². The molecule has 0 saturated carbocycles. The van der Waals surface area contributed by atoms with Crippen LogP contribution in [-0.2, 0) is 4.79 Å². The average molecular weight is 480 g/mol. The Morgan fingerprint density at radius 2 is 1.76 bits per heavy atom. The maximum Gasteiger partial charge on any atom is 0.276 e. The summed E-state index contributed by atoms with van der Waals surface area (Å²) in [5.74, 6) is 0.147. The molecule has 0 atom stereocenters. The third-order valence-corrected chi connectivity index (χ3v) is 4.42. The van der Waals surface area contributed by atoms with Gasteiger partial charge in [0.05, 0.1) is 12.2 Å². The summed E-state index contributed by atoms with van der Waals surface area (Å²) in [6.07, 6.45) is 0. The van der Waals surface area contributed by atoms with Gasteiger partial charge in [-0.2, -0.15) is 0 Å². The van der Waals surface area contributed by atoms with Gasteiger partial charge in [0.1, 0.15) is 11.5 Å². The highest BCUT2D eigenvalue weighted by Gasteiger charge is 2.15. The van der Waals surface area contributed by atoms with E-state index >= 15 is 0 Å². The van der Waals surface area contributed by atoms with Crippen molar-refractivity contribution >= 4 is 45.1 Å². The Hall–Kier alpha value is -2.65. The Bertz CT molecular complexity index is 921. The molecule has 2 amide bonds. The van der Waals surface area contributed by atoms with Crippen LogP contribution in [0.15, 0.2) is 40.9 Å². The summed E-state index contributed by atoms with van der Waals surface area (Å²) in [6.45, 7) is 5.93. The zero-order valence-electron chi connectivity index (χ0n) is 16.3. The maximum atomic E-state index is 12.4. The lowest BCUT2D eigenvalue weighted by Crippen LogP contribution is -2.49. The van der Waals surface area contributed by atoms with Gasteiger partial charge in [0.15, 0.2) is 11.7 Å². The second kappa shape index (κ2) is 10.8. The lowest BCUT2D eigenvalue weighted by atomic mass is 10.1. The Morgan fingerprint density at radius 3 is 2.45 bits per heavy atom. The van der Waals surface area contributed by atoms with E-state index < -0.39 is 11.8 Å². The first-order chi connectivity index (χ1) is 13.8. The van der Waals surface area contributed by atoms with Gasteiger partial charge >= 0.3 is 0 Å². The minimum absolute atomic E-state index is 0.0581. The van der Waals surface area contributed by atoms with E-state index in [0.29, 0.717) is 23.7 Å². The number of ether oxygens (including phenoxy) is 2. The van der Waals surface area contributed by atoms with E-state index in [1.54, 1.807) is 18.2 Å². The SMILES string of the molecule is CCOc1ccc(Br)cc1C(=O)NC(=S)NNC(=O)COc1ccc(C)cc1C. The second-order valence-corrected chi connectivity index (χ2v) is 7.41. The molecule has 0 saturated heterocycles. The van der Waals surface area contributed by atoms with E-state index in [0.717, 1.165) is 15.6 Å². The molecule has 0 bridgehead atoms. The molecule has 0 spiro atoms. The van der Waals surface area contributed by atoms with Crippen molar-refractivity contribution in [1.82, 2.24) is 16.2 Å². The van der Waals surface area contributed by atoms with E-state index in [4.69, 9.17) is 21.7 Å². The molecule has 0 radical (unpaired) electrons. The number of benzene rings is 2. The van der Waals surface area contributed by atoms with Crippen LogP contribution in [0.1, 0.15) is 28.4 Å². The molecule has 0 fully saturated rings. The highest BCUT2D eigenvalue weighted by atomic mass is 79.9. The summed E-state index contributed by atoms with van der Waals surface area (Å²) >= 11 is 8.37. The molecule has 3 N–H and O–H groups in total. The average Bonchev–Trinajstić information content (AvgIpc) is 2.67. The molecule has 0 unspecified atom stereocenters. The zero-order chi connectivity index (χ0) is 21.4. The largest absolute Gasteiger partial charge is 0.493 e. The van der Waals surface area contributed by atoms with Gasteiger partial charge in [-0.3, -0.25) is 25.8 Å². The molecule has 29 heavy (non-hydrogen) atoms. The van der Waals surface area contributed by atoms with Gasteiger partial charge in [-0.15, -0.1) is 0 Å². The third kappa shape index (κ3) is 7.03. The quantitative estimate of drug-likeness (QED) is 0.435. The minimum atomic E-state index is -0.465. The standard InChI is InChI=1S/C20H22BrN3O4S/c1-4-27-17-8-6-14(21)10-15(17)19(26)22-20(29)24-23-18(25)11-28-16-7-5-12(2)9-13(16)3/h5-10H,4,11H2,1-3H3,(H,23,25)(H2,22,24,26,29). The van der Waals surface area contributed by atoms with Crippen LogP contribution in [0.25, 0.3) is 0 Å². The minimum Gasteiger partial charge on any atom is -0.493 e. The number of halogens is 1. The summed E-state index contributed by atoms with van der Waals surface area (Å²) < 4.78 is 11.7. The van der Waals surface area contributed by atoms with Crippen LogP contribution in [0, 0.1) is 13.8 Å². The number of amides is 2. The topological polar surface area (TPSA) is 88.7 Å². The molecule has 2 rings (SSSR count). The Balaban J connectivity index is 1.84. The van der Waals surface area contributed by atoms with E-state index in [9.17, 15) is 9.59 Å². The zero-order valence-corrected chi connectivity index (χ0v) is 18.7. The van der Waals surface area contributed by atoms with Gasteiger partial charge in [-0.1, -0.05) is 33.6 Å². The normalized spacial score (nSPS) is 10.1. The van der Waals surface area contributed by atoms with E-state index in [-0.39, 0.29) is 11.7 Å². The van der Waals surface area contributed by atoms with Crippen molar-refractivity contribution in [2.45, 2.75) is 20.8 Å². The summed E-state index contributed by atoms with van der Waals surface area (Å²) in [6, 6.07) is 10.8. The van der Waals surface area contributed by atoms with Gasteiger partial charge in [-0.25, -0.2) is 0 Å². The summed E-state index contributed by atoms with van der Waals surface area (Å²) in [4.78, 5) is 24.4. The van der Waals surface area contributed by atoms with Crippen molar-refractivity contribution < 1.29 is 19.1 Å². The number of nitrogens with one attached hydrogen (secondary N) is 3. The Morgan fingerprint density at radius 1 is 1.03 bits per heavy atom. The van der Waals surface area contributed by atoms with Crippen molar-refractivity contribution in [1.29, 1.82) is 0 Å². The van der Waals surface area contributed by atoms with Crippen LogP contribution >= 0.6 is 28.1 Å². The van der Waals surface area contributed by atoms with Crippen LogP contribution in [-0.4, -0.2) is 30.1 Å². The number of hydrazine groups is 1. The van der Waals surface area contributed by atoms with Crippen LogP contribution in [0.2, 0.25) is 0 Å². The molecular weight excluding hydrogens is 458 g/mol. The maximum absolute atomic E-state index is 12.4. The van der Waals surface area contributed by atoms with Crippen molar-refractivity contribution in [2.75, 3.05) is 13.2 Å². The fraction of sp³-hybridized carbons (Fsp3) is 0.250. The summed E-state index contributed by atoms with van der Waals surface area (Å²) in [5, 5.41) is 2.43. The van der Waals surface area contributed by atoms with Crippen molar-refractivity contribution in [3.63, 3.8) is 0 Å². The van der Waals surface area contributed by atoms with Crippen molar-refractivity contribution in [3.05, 3.63) is 57.6 Å². The van der Waals surface area contributed by atoms with Crippen LogP contribution in [0.3, 0.4) is 0 Å². The molecule has 154 valence electrons. The molecule has 7 nitrogen and oxygen atoms in total. The molecular formula is C20H22BrN3O4S. The van der Waals surface area contributed by atoms with E-state index in [2.05, 4.69) is 32.1 Å². The van der Waals surface area contributed by atoms with Gasteiger partial charge in [0.2, 0.25) is 0 Å². The smallest absolute Gasteiger partial charge is 0.276 e. The van der Waals surface area contributed by atoms with E-state index in [1.165, 1.54) is 0 Å². The van der Waals surface area contributed by atoms with Gasteiger partial charge in [0.25, 0.3) is 11.8 Å². The number of rotatable bonds is 6. The summed E-state index contributed by atoms with van der Waals surface area (Å²) in [5.41, 5.74) is 7.22. The molecule has 0 aromatic heterocycles. The lowest BCUT2D eigenvalue weighted by Gasteiger charge is -2.14. The number of aryl methyl sites for hydroxylation is 2. The van der Waals surface area contributed by atoms with Crippen molar-refractivity contribution in [3.8, 4) is 11.5 Å². The second-order valence-electron chi connectivity index (χ2n) is 6.09. The monoisotopic (exact) mass is 479 g/mol. The lowest BCUT2D eigenvalue weighted by molar-refractivity contribution is -0.123.